The summed E-state index contributed by atoms with van der Waals surface area (Å²) >= 11 is 0. The number of carbonyl (C=O) groups excluding carboxylic acids is 1. The normalized spacial score (nSPS) is 12.0. The number of fused-ring (bicyclic) bond motifs is 1. The molecule has 1 amide bonds. The number of carbonyl (C=O) groups is 1. The first-order chi connectivity index (χ1) is 11.5. The van der Waals surface area contributed by atoms with Gasteiger partial charge in [-0.1, -0.05) is 36.4 Å². The van der Waals surface area contributed by atoms with Gasteiger partial charge in [-0.25, -0.2) is 8.78 Å². The number of hydrogen-bond donors (Lipinski definition) is 1. The van der Waals surface area contributed by atoms with E-state index in [1.807, 2.05) is 36.4 Å². The van der Waals surface area contributed by atoms with Crippen molar-refractivity contribution in [2.75, 3.05) is 5.32 Å². The second-order valence-corrected chi connectivity index (χ2v) is 5.35. The largest absolute Gasteiger partial charge is 0.480 e. The fraction of sp³-hybridized carbons (Fsp3) is 0.105. The lowest BCUT2D eigenvalue weighted by atomic mass is 10.1. The maximum Gasteiger partial charge on any atom is 0.265 e. The van der Waals surface area contributed by atoms with E-state index in [2.05, 4.69) is 5.32 Å². The minimum atomic E-state index is -0.847. The zero-order valence-corrected chi connectivity index (χ0v) is 12.9. The lowest BCUT2D eigenvalue weighted by Gasteiger charge is -2.16. The highest BCUT2D eigenvalue weighted by molar-refractivity contribution is 5.95. The topological polar surface area (TPSA) is 38.3 Å². The molecule has 0 aliphatic rings. The maximum atomic E-state index is 13.6. The van der Waals surface area contributed by atoms with E-state index in [4.69, 9.17) is 4.74 Å². The summed E-state index contributed by atoms with van der Waals surface area (Å²) in [5.74, 6) is -1.49. The molecule has 5 heteroatoms. The van der Waals surface area contributed by atoms with Gasteiger partial charge < -0.3 is 10.1 Å². The van der Waals surface area contributed by atoms with Gasteiger partial charge in [0.05, 0.1) is 5.69 Å². The van der Waals surface area contributed by atoms with Crippen LogP contribution in [0.25, 0.3) is 10.8 Å². The number of ether oxygens (including phenoxy) is 1. The molecule has 3 rings (SSSR count). The fourth-order valence-electron chi connectivity index (χ4n) is 2.37. The summed E-state index contributed by atoms with van der Waals surface area (Å²) in [4.78, 5) is 12.2. The summed E-state index contributed by atoms with van der Waals surface area (Å²) in [6, 6.07) is 16.2. The summed E-state index contributed by atoms with van der Waals surface area (Å²) < 4.78 is 32.2. The number of amides is 1. The van der Waals surface area contributed by atoms with Crippen LogP contribution in [-0.2, 0) is 4.79 Å². The van der Waals surface area contributed by atoms with Crippen LogP contribution in [0.2, 0.25) is 0 Å². The first kappa shape index (κ1) is 15.9. The molecular weight excluding hydrogens is 312 g/mol. The Morgan fingerprint density at radius 1 is 1.04 bits per heavy atom. The highest BCUT2D eigenvalue weighted by Gasteiger charge is 2.17. The second kappa shape index (κ2) is 6.66. The van der Waals surface area contributed by atoms with Gasteiger partial charge in [-0.2, -0.15) is 0 Å². The summed E-state index contributed by atoms with van der Waals surface area (Å²) in [6.45, 7) is 1.57. The smallest absolute Gasteiger partial charge is 0.265 e. The van der Waals surface area contributed by atoms with Gasteiger partial charge in [0.1, 0.15) is 17.4 Å². The van der Waals surface area contributed by atoms with Crippen molar-refractivity contribution in [3.8, 4) is 5.75 Å². The molecule has 3 nitrogen and oxygen atoms in total. The van der Waals surface area contributed by atoms with Crippen LogP contribution in [-0.4, -0.2) is 12.0 Å². The molecule has 0 bridgehead atoms. The zero-order valence-electron chi connectivity index (χ0n) is 12.9. The van der Waals surface area contributed by atoms with Crippen molar-refractivity contribution < 1.29 is 18.3 Å². The highest BCUT2D eigenvalue weighted by Crippen LogP contribution is 2.26. The van der Waals surface area contributed by atoms with Crippen molar-refractivity contribution in [2.24, 2.45) is 0 Å². The van der Waals surface area contributed by atoms with Crippen molar-refractivity contribution in [1.82, 2.24) is 0 Å². The number of halogens is 2. The van der Waals surface area contributed by atoms with Crippen LogP contribution in [0.5, 0.6) is 5.75 Å². The SMILES string of the molecule is C[C@H](Oc1cccc2ccccc12)C(=O)Nc1ccc(F)cc1F. The third kappa shape index (κ3) is 3.35. The Labute approximate surface area is 137 Å². The van der Waals surface area contributed by atoms with Gasteiger partial charge in [-0.3, -0.25) is 4.79 Å². The molecular formula is C19H15F2NO2. The molecule has 0 radical (unpaired) electrons. The quantitative estimate of drug-likeness (QED) is 0.765. The van der Waals surface area contributed by atoms with Gasteiger partial charge in [0.25, 0.3) is 5.91 Å². The summed E-state index contributed by atoms with van der Waals surface area (Å²) in [5.41, 5.74) is -0.0882. The molecule has 0 aromatic heterocycles. The Bertz CT molecular complexity index is 890. The third-order valence-corrected chi connectivity index (χ3v) is 3.61. The van der Waals surface area contributed by atoms with E-state index in [0.29, 0.717) is 11.8 Å². The Kier molecular flexibility index (Phi) is 4.42. The van der Waals surface area contributed by atoms with Gasteiger partial charge in [-0.05, 0) is 30.5 Å². The molecule has 0 saturated carbocycles. The molecule has 0 spiro atoms. The maximum absolute atomic E-state index is 13.6. The Morgan fingerprint density at radius 3 is 2.58 bits per heavy atom. The number of benzene rings is 3. The fourth-order valence-corrected chi connectivity index (χ4v) is 2.37. The van der Waals surface area contributed by atoms with E-state index in [9.17, 15) is 13.6 Å². The molecule has 0 aliphatic carbocycles. The third-order valence-electron chi connectivity index (χ3n) is 3.61. The molecule has 122 valence electrons. The summed E-state index contributed by atoms with van der Waals surface area (Å²) in [5, 5.41) is 4.27. The lowest BCUT2D eigenvalue weighted by Crippen LogP contribution is -2.30. The van der Waals surface area contributed by atoms with E-state index in [-0.39, 0.29) is 5.69 Å². The Hall–Kier alpha value is -2.95. The zero-order chi connectivity index (χ0) is 17.1. The van der Waals surface area contributed by atoms with Gasteiger partial charge in [0.2, 0.25) is 0 Å². The van der Waals surface area contributed by atoms with Crippen LogP contribution in [0.15, 0.2) is 60.7 Å². The number of hydrogen-bond acceptors (Lipinski definition) is 2. The summed E-state index contributed by atoms with van der Waals surface area (Å²) in [6.07, 6.45) is -0.847. The molecule has 24 heavy (non-hydrogen) atoms. The molecule has 1 N–H and O–H groups in total. The van der Waals surface area contributed by atoms with Crippen LogP contribution in [0.1, 0.15) is 6.92 Å². The first-order valence-electron chi connectivity index (χ1n) is 7.45. The van der Waals surface area contributed by atoms with Crippen molar-refractivity contribution in [1.29, 1.82) is 0 Å². The minimum absolute atomic E-state index is 0.0882. The number of nitrogens with one attached hydrogen (secondary N) is 1. The predicted molar refractivity (Wildman–Crippen MR) is 89.0 cm³/mol. The standard InChI is InChI=1S/C19H15F2NO2/c1-12(19(23)22-17-10-9-14(20)11-16(17)21)24-18-8-4-6-13-5-2-3-7-15(13)18/h2-12H,1H3,(H,22,23)/t12-/m0/s1. The lowest BCUT2D eigenvalue weighted by molar-refractivity contribution is -0.122. The van der Waals surface area contributed by atoms with Gasteiger partial charge >= 0.3 is 0 Å². The van der Waals surface area contributed by atoms with Crippen molar-refractivity contribution in [2.45, 2.75) is 13.0 Å². The van der Waals surface area contributed by atoms with Gasteiger partial charge in [-0.15, -0.1) is 0 Å². The Morgan fingerprint density at radius 2 is 1.79 bits per heavy atom. The first-order valence-corrected chi connectivity index (χ1v) is 7.45. The second-order valence-electron chi connectivity index (χ2n) is 5.35. The number of rotatable bonds is 4. The van der Waals surface area contributed by atoms with Crippen molar-refractivity contribution >= 4 is 22.4 Å². The Balaban J connectivity index is 1.76. The van der Waals surface area contributed by atoms with Crippen LogP contribution in [0, 0.1) is 11.6 Å². The monoisotopic (exact) mass is 327 g/mol. The average Bonchev–Trinajstić information content (AvgIpc) is 2.57. The van der Waals surface area contributed by atoms with Crippen molar-refractivity contribution in [3.63, 3.8) is 0 Å². The predicted octanol–water partition coefficient (Wildman–Crippen LogP) is 4.52. The molecule has 0 aliphatic heterocycles. The molecule has 0 unspecified atom stereocenters. The average molecular weight is 327 g/mol. The van der Waals surface area contributed by atoms with E-state index in [0.717, 1.165) is 16.8 Å². The molecule has 3 aromatic carbocycles. The van der Waals surface area contributed by atoms with E-state index >= 15 is 0 Å². The molecule has 1 atom stereocenters. The van der Waals surface area contributed by atoms with Crippen LogP contribution in [0.3, 0.4) is 0 Å². The molecule has 0 heterocycles. The van der Waals surface area contributed by atoms with Gasteiger partial charge in [0, 0.05) is 11.5 Å². The molecule has 3 aromatic rings. The van der Waals surface area contributed by atoms with E-state index in [1.165, 1.54) is 6.07 Å². The highest BCUT2D eigenvalue weighted by atomic mass is 19.1. The van der Waals surface area contributed by atoms with E-state index in [1.54, 1.807) is 13.0 Å². The van der Waals surface area contributed by atoms with Gasteiger partial charge in [0.15, 0.2) is 6.10 Å². The van der Waals surface area contributed by atoms with E-state index < -0.39 is 23.6 Å². The van der Waals surface area contributed by atoms with Crippen molar-refractivity contribution in [3.05, 3.63) is 72.3 Å². The van der Waals surface area contributed by atoms with Crippen LogP contribution < -0.4 is 10.1 Å². The molecule has 0 fully saturated rings. The van der Waals surface area contributed by atoms with Crippen LogP contribution in [0.4, 0.5) is 14.5 Å². The molecule has 0 saturated heterocycles. The summed E-state index contributed by atoms with van der Waals surface area (Å²) in [7, 11) is 0. The number of anilines is 1. The van der Waals surface area contributed by atoms with Crippen LogP contribution >= 0.6 is 0 Å². The minimum Gasteiger partial charge on any atom is -0.480 e.